The van der Waals surface area contributed by atoms with Gasteiger partial charge in [-0.3, -0.25) is 14.9 Å². The Balaban J connectivity index is 3.02. The normalized spacial score (nSPS) is 11.9. The number of nitro groups is 1. The molecule has 0 aliphatic rings. The van der Waals surface area contributed by atoms with Crippen LogP contribution in [-0.4, -0.2) is 16.9 Å². The number of rotatable bonds is 4. The Morgan fingerprint density at radius 2 is 2.19 bits per heavy atom. The predicted molar refractivity (Wildman–Crippen MR) is 60.1 cm³/mol. The Hall–Kier alpha value is -2.11. The van der Waals surface area contributed by atoms with Crippen LogP contribution in [0, 0.1) is 17.0 Å². The minimum atomic E-state index is -0.569. The summed E-state index contributed by atoms with van der Waals surface area (Å²) >= 11 is 0. The first-order valence-electron chi connectivity index (χ1n) is 4.73. The first kappa shape index (κ1) is 12.0. The summed E-state index contributed by atoms with van der Waals surface area (Å²) in [6, 6.07) is 4.07. The number of amides is 1. The van der Waals surface area contributed by atoms with E-state index in [2.05, 4.69) is 5.32 Å². The summed E-state index contributed by atoms with van der Waals surface area (Å²) in [6.45, 7) is 3.22. The number of nitrogens with two attached hydrogens (primary N) is 1. The standard InChI is InChI=1S/C10H13N3O3/c1-6-8(12-7(2)10(11)14)4-3-5-9(6)13(15)16/h3-5,7,12H,1-2H3,(H2,11,14). The van der Waals surface area contributed by atoms with E-state index in [1.54, 1.807) is 26.0 Å². The van der Waals surface area contributed by atoms with Crippen LogP contribution in [0.4, 0.5) is 11.4 Å². The van der Waals surface area contributed by atoms with Crippen LogP contribution in [-0.2, 0) is 4.79 Å². The predicted octanol–water partition coefficient (Wildman–Crippen LogP) is 1.19. The van der Waals surface area contributed by atoms with Gasteiger partial charge in [0.1, 0.15) is 6.04 Å². The van der Waals surface area contributed by atoms with Gasteiger partial charge >= 0.3 is 0 Å². The number of benzene rings is 1. The van der Waals surface area contributed by atoms with Crippen LogP contribution in [0.5, 0.6) is 0 Å². The number of carbonyl (C=O) groups is 1. The van der Waals surface area contributed by atoms with Crippen molar-refractivity contribution in [2.45, 2.75) is 19.9 Å². The van der Waals surface area contributed by atoms with Crippen molar-refractivity contribution in [2.75, 3.05) is 5.32 Å². The highest BCUT2D eigenvalue weighted by Gasteiger charge is 2.15. The quantitative estimate of drug-likeness (QED) is 0.591. The molecule has 0 aromatic heterocycles. The molecule has 0 aliphatic carbocycles. The van der Waals surface area contributed by atoms with Crippen LogP contribution >= 0.6 is 0 Å². The van der Waals surface area contributed by atoms with Gasteiger partial charge < -0.3 is 11.1 Å². The maximum atomic E-state index is 10.9. The molecule has 1 amide bonds. The molecule has 0 bridgehead atoms. The second-order valence-electron chi connectivity index (χ2n) is 3.48. The fourth-order valence-corrected chi connectivity index (χ4v) is 1.28. The molecule has 1 atom stereocenters. The average molecular weight is 223 g/mol. The zero-order chi connectivity index (χ0) is 12.3. The topological polar surface area (TPSA) is 98.3 Å². The molecular weight excluding hydrogens is 210 g/mol. The van der Waals surface area contributed by atoms with Crippen LogP contribution in [0.1, 0.15) is 12.5 Å². The van der Waals surface area contributed by atoms with Crippen molar-refractivity contribution in [2.24, 2.45) is 5.73 Å². The van der Waals surface area contributed by atoms with E-state index in [0.29, 0.717) is 11.3 Å². The van der Waals surface area contributed by atoms with E-state index < -0.39 is 16.9 Å². The van der Waals surface area contributed by atoms with Crippen molar-refractivity contribution in [1.29, 1.82) is 0 Å². The molecule has 3 N–H and O–H groups in total. The van der Waals surface area contributed by atoms with Gasteiger partial charge in [-0.15, -0.1) is 0 Å². The Morgan fingerprint density at radius 1 is 1.56 bits per heavy atom. The van der Waals surface area contributed by atoms with Crippen LogP contribution in [0.25, 0.3) is 0 Å². The first-order chi connectivity index (χ1) is 7.43. The molecule has 86 valence electrons. The minimum absolute atomic E-state index is 0.0154. The van der Waals surface area contributed by atoms with E-state index in [9.17, 15) is 14.9 Å². The zero-order valence-electron chi connectivity index (χ0n) is 9.06. The van der Waals surface area contributed by atoms with E-state index in [0.717, 1.165) is 0 Å². The van der Waals surface area contributed by atoms with Crippen molar-refractivity contribution < 1.29 is 9.72 Å². The summed E-state index contributed by atoms with van der Waals surface area (Å²) in [5.74, 6) is -0.508. The second-order valence-corrected chi connectivity index (χ2v) is 3.48. The molecule has 0 aliphatic heterocycles. The van der Waals surface area contributed by atoms with Gasteiger partial charge in [-0.05, 0) is 19.9 Å². The monoisotopic (exact) mass is 223 g/mol. The van der Waals surface area contributed by atoms with Gasteiger partial charge in [0, 0.05) is 17.3 Å². The number of hydrogen-bond acceptors (Lipinski definition) is 4. The molecule has 0 heterocycles. The van der Waals surface area contributed by atoms with Gasteiger partial charge in [0.25, 0.3) is 5.69 Å². The van der Waals surface area contributed by atoms with Crippen LogP contribution in [0.15, 0.2) is 18.2 Å². The van der Waals surface area contributed by atoms with Gasteiger partial charge in [-0.1, -0.05) is 6.07 Å². The molecule has 0 fully saturated rings. The third-order valence-corrected chi connectivity index (χ3v) is 2.30. The highest BCUT2D eigenvalue weighted by Crippen LogP contribution is 2.25. The summed E-state index contributed by atoms with van der Waals surface area (Å²) in [5.41, 5.74) is 6.14. The van der Waals surface area contributed by atoms with Crippen LogP contribution in [0.3, 0.4) is 0 Å². The molecule has 1 aromatic rings. The van der Waals surface area contributed by atoms with Crippen LogP contribution < -0.4 is 11.1 Å². The fraction of sp³-hybridized carbons (Fsp3) is 0.300. The summed E-state index contributed by atoms with van der Waals surface area (Å²) < 4.78 is 0. The van der Waals surface area contributed by atoms with E-state index in [4.69, 9.17) is 5.73 Å². The van der Waals surface area contributed by atoms with Crippen molar-refractivity contribution in [3.8, 4) is 0 Å². The SMILES string of the molecule is Cc1c(NC(C)C(N)=O)cccc1[N+](=O)[O-]. The Bertz CT molecular complexity index is 431. The highest BCUT2D eigenvalue weighted by atomic mass is 16.6. The summed E-state index contributed by atoms with van der Waals surface area (Å²) in [7, 11) is 0. The second kappa shape index (κ2) is 4.61. The van der Waals surface area contributed by atoms with E-state index in [1.165, 1.54) is 6.07 Å². The maximum Gasteiger partial charge on any atom is 0.274 e. The van der Waals surface area contributed by atoms with E-state index in [1.807, 2.05) is 0 Å². The number of primary amides is 1. The van der Waals surface area contributed by atoms with Gasteiger partial charge in [-0.2, -0.15) is 0 Å². The molecule has 1 rings (SSSR count). The van der Waals surface area contributed by atoms with Crippen molar-refractivity contribution in [3.05, 3.63) is 33.9 Å². The summed E-state index contributed by atoms with van der Waals surface area (Å²) in [6.07, 6.45) is 0. The number of carbonyl (C=O) groups excluding carboxylic acids is 1. The zero-order valence-corrected chi connectivity index (χ0v) is 9.06. The Morgan fingerprint density at radius 3 is 2.69 bits per heavy atom. The third-order valence-electron chi connectivity index (χ3n) is 2.30. The lowest BCUT2D eigenvalue weighted by atomic mass is 10.1. The van der Waals surface area contributed by atoms with Gasteiger partial charge in [0.05, 0.1) is 4.92 Å². The molecule has 0 radical (unpaired) electrons. The van der Waals surface area contributed by atoms with E-state index >= 15 is 0 Å². The Kier molecular flexibility index (Phi) is 3.44. The van der Waals surface area contributed by atoms with Crippen molar-refractivity contribution in [3.63, 3.8) is 0 Å². The largest absolute Gasteiger partial charge is 0.373 e. The molecule has 6 nitrogen and oxygen atoms in total. The molecule has 6 heteroatoms. The number of hydrogen-bond donors (Lipinski definition) is 2. The van der Waals surface area contributed by atoms with Gasteiger partial charge in [0.15, 0.2) is 0 Å². The van der Waals surface area contributed by atoms with Crippen molar-refractivity contribution in [1.82, 2.24) is 0 Å². The minimum Gasteiger partial charge on any atom is -0.373 e. The van der Waals surface area contributed by atoms with E-state index in [-0.39, 0.29) is 5.69 Å². The average Bonchev–Trinajstić information content (AvgIpc) is 2.20. The molecule has 1 aromatic carbocycles. The third kappa shape index (κ3) is 2.47. The highest BCUT2D eigenvalue weighted by molar-refractivity contribution is 5.83. The number of nitro benzene ring substituents is 1. The first-order valence-corrected chi connectivity index (χ1v) is 4.73. The molecule has 16 heavy (non-hydrogen) atoms. The summed E-state index contributed by atoms with van der Waals surface area (Å²) in [4.78, 5) is 21.1. The van der Waals surface area contributed by atoms with Crippen molar-refractivity contribution >= 4 is 17.3 Å². The lowest BCUT2D eigenvalue weighted by molar-refractivity contribution is -0.385. The lowest BCUT2D eigenvalue weighted by Gasteiger charge is -2.13. The smallest absolute Gasteiger partial charge is 0.274 e. The summed E-state index contributed by atoms with van der Waals surface area (Å²) in [5, 5.41) is 13.5. The number of anilines is 1. The van der Waals surface area contributed by atoms with Gasteiger partial charge in [-0.25, -0.2) is 0 Å². The molecular formula is C10H13N3O3. The molecule has 0 saturated heterocycles. The fourth-order valence-electron chi connectivity index (χ4n) is 1.28. The van der Waals surface area contributed by atoms with Gasteiger partial charge in [0.2, 0.25) is 5.91 Å². The molecule has 0 saturated carbocycles. The maximum absolute atomic E-state index is 10.9. The molecule has 0 spiro atoms. The number of nitrogens with one attached hydrogen (secondary N) is 1. The lowest BCUT2D eigenvalue weighted by Crippen LogP contribution is -2.32. The molecule has 1 unspecified atom stereocenters. The Labute approximate surface area is 92.6 Å². The van der Waals surface area contributed by atoms with Crippen LogP contribution in [0.2, 0.25) is 0 Å². The number of nitrogens with zero attached hydrogens (tertiary/aromatic N) is 1.